The van der Waals surface area contributed by atoms with Crippen molar-refractivity contribution in [3.05, 3.63) is 88.1 Å². The number of nitriles is 1. The number of H-pyrrole nitrogens is 1. The van der Waals surface area contributed by atoms with Gasteiger partial charge in [0.2, 0.25) is 11.6 Å². The van der Waals surface area contributed by atoms with Gasteiger partial charge in [0.15, 0.2) is 11.5 Å². The summed E-state index contributed by atoms with van der Waals surface area (Å²) in [6, 6.07) is 19.3. The maximum atomic E-state index is 13.9. The molecule has 0 radical (unpaired) electrons. The lowest BCUT2D eigenvalue weighted by molar-refractivity contribution is -0.164. The number of carbonyl (C=O) groups excluding carboxylic acids is 3. The van der Waals surface area contributed by atoms with Crippen LogP contribution in [0.5, 0.6) is 0 Å². The van der Waals surface area contributed by atoms with Crippen molar-refractivity contribution >= 4 is 40.3 Å². The number of hydrogen-bond donors (Lipinski definition) is 3. The lowest BCUT2D eigenvalue weighted by atomic mass is 9.53. The van der Waals surface area contributed by atoms with E-state index >= 15 is 0 Å². The molecule has 196 valence electrons. The SMILES string of the molecule is Cc1cc(C)c2c(N/N=C(/C#N)C(=O)N3NC(=O)C4C5c6ccccc6C(c6ccccc65)C4C3=O)[nH]nc2n1. The summed E-state index contributed by atoms with van der Waals surface area (Å²) in [6.45, 7) is 3.73. The Bertz CT molecular complexity index is 1800. The predicted molar refractivity (Wildman–Crippen MR) is 144 cm³/mol. The van der Waals surface area contributed by atoms with Gasteiger partial charge in [0, 0.05) is 17.5 Å². The molecule has 11 heteroatoms. The van der Waals surface area contributed by atoms with E-state index in [2.05, 4.69) is 31.1 Å². The van der Waals surface area contributed by atoms with Gasteiger partial charge in [-0.15, -0.1) is 0 Å². The van der Waals surface area contributed by atoms with Crippen molar-refractivity contribution in [3.8, 4) is 6.07 Å². The van der Waals surface area contributed by atoms with Crippen LogP contribution in [-0.4, -0.2) is 43.6 Å². The number of pyridine rings is 1. The third-order valence-electron chi connectivity index (χ3n) is 8.11. The summed E-state index contributed by atoms with van der Waals surface area (Å²) in [5.41, 5.74) is 10.6. The second-order valence-electron chi connectivity index (χ2n) is 10.3. The highest BCUT2D eigenvalue weighted by atomic mass is 16.2. The molecule has 8 rings (SSSR count). The van der Waals surface area contributed by atoms with Gasteiger partial charge >= 0.3 is 5.91 Å². The van der Waals surface area contributed by atoms with Gasteiger partial charge in [0.25, 0.3) is 5.91 Å². The molecule has 2 unspecified atom stereocenters. The van der Waals surface area contributed by atoms with Crippen LogP contribution in [0.1, 0.15) is 45.3 Å². The van der Waals surface area contributed by atoms with E-state index in [1.54, 1.807) is 6.07 Å². The first-order valence-electron chi connectivity index (χ1n) is 12.8. The molecule has 1 saturated heterocycles. The molecular weight excluding hydrogens is 508 g/mol. The molecule has 0 saturated carbocycles. The number of rotatable bonds is 3. The van der Waals surface area contributed by atoms with Crippen LogP contribution in [0, 0.1) is 37.0 Å². The molecule has 4 aliphatic rings. The van der Waals surface area contributed by atoms with Gasteiger partial charge in [0.1, 0.15) is 6.07 Å². The van der Waals surface area contributed by atoms with Crippen LogP contribution < -0.4 is 10.9 Å². The van der Waals surface area contributed by atoms with Gasteiger partial charge in [-0.2, -0.15) is 20.5 Å². The van der Waals surface area contributed by atoms with Crippen LogP contribution in [0.4, 0.5) is 5.82 Å². The minimum absolute atomic E-state index is 0.316. The number of hydrogen-bond acceptors (Lipinski definition) is 8. The third kappa shape index (κ3) is 3.22. The number of hydrazine groups is 1. The fraction of sp³-hybridized carbons (Fsp3) is 0.207. The van der Waals surface area contributed by atoms with Gasteiger partial charge in [0.05, 0.1) is 17.2 Å². The zero-order valence-electron chi connectivity index (χ0n) is 21.5. The van der Waals surface area contributed by atoms with Crippen LogP contribution in [0.2, 0.25) is 0 Å². The van der Waals surface area contributed by atoms with Crippen LogP contribution in [0.15, 0.2) is 59.7 Å². The molecule has 4 aromatic rings. The molecule has 1 aliphatic heterocycles. The molecule has 2 aromatic heterocycles. The monoisotopic (exact) mass is 530 g/mol. The van der Waals surface area contributed by atoms with Crippen molar-refractivity contribution in [2.45, 2.75) is 25.7 Å². The summed E-state index contributed by atoms with van der Waals surface area (Å²) in [6.07, 6.45) is 0. The number of aromatic amines is 1. The van der Waals surface area contributed by atoms with E-state index in [9.17, 15) is 19.6 Å². The minimum Gasteiger partial charge on any atom is -0.273 e. The molecule has 3 N–H and O–H groups in total. The third-order valence-corrected chi connectivity index (χ3v) is 8.11. The van der Waals surface area contributed by atoms with Gasteiger partial charge in [-0.1, -0.05) is 48.5 Å². The van der Waals surface area contributed by atoms with Gasteiger partial charge in [-0.3, -0.25) is 30.3 Å². The number of nitrogens with one attached hydrogen (secondary N) is 3. The first-order valence-corrected chi connectivity index (χ1v) is 12.8. The van der Waals surface area contributed by atoms with Crippen LogP contribution in [-0.2, 0) is 14.4 Å². The Kier molecular flexibility index (Phi) is 5.08. The summed E-state index contributed by atoms with van der Waals surface area (Å²) in [5, 5.41) is 22.0. The Morgan fingerprint density at radius 3 is 2.20 bits per heavy atom. The van der Waals surface area contributed by atoms with E-state index in [1.807, 2.05) is 68.4 Å². The molecule has 3 heterocycles. The Morgan fingerprint density at radius 1 is 1.00 bits per heavy atom. The Hall–Kier alpha value is -5.37. The smallest absolute Gasteiger partial charge is 0.273 e. The molecule has 2 aromatic carbocycles. The molecule has 3 aliphatic carbocycles. The van der Waals surface area contributed by atoms with Crippen molar-refractivity contribution in [2.75, 3.05) is 5.43 Å². The van der Waals surface area contributed by atoms with Crippen molar-refractivity contribution < 1.29 is 14.4 Å². The first kappa shape index (κ1) is 23.7. The van der Waals surface area contributed by atoms with E-state index in [0.717, 1.165) is 33.5 Å². The van der Waals surface area contributed by atoms with Crippen LogP contribution in [0.3, 0.4) is 0 Å². The van der Waals surface area contributed by atoms with Crippen molar-refractivity contribution in [1.82, 2.24) is 25.6 Å². The number of nitrogens with zero attached hydrogens (tertiary/aromatic N) is 5. The van der Waals surface area contributed by atoms with E-state index in [0.29, 0.717) is 21.9 Å². The van der Waals surface area contributed by atoms with Crippen LogP contribution in [0.25, 0.3) is 11.0 Å². The second kappa shape index (κ2) is 8.57. The summed E-state index contributed by atoms with van der Waals surface area (Å²) < 4.78 is 0. The van der Waals surface area contributed by atoms with Gasteiger partial charge in [-0.25, -0.2) is 4.98 Å². The summed E-state index contributed by atoms with van der Waals surface area (Å²) in [4.78, 5) is 45.3. The lowest BCUT2D eigenvalue weighted by Gasteiger charge is -2.52. The number of amides is 3. The van der Waals surface area contributed by atoms with E-state index in [4.69, 9.17) is 0 Å². The fourth-order valence-electron chi connectivity index (χ4n) is 6.62. The highest BCUT2D eigenvalue weighted by Gasteiger charge is 2.59. The van der Waals surface area contributed by atoms with Crippen molar-refractivity contribution in [1.29, 1.82) is 5.26 Å². The number of aryl methyl sites for hydroxylation is 2. The maximum absolute atomic E-state index is 13.9. The van der Waals surface area contributed by atoms with E-state index < -0.39 is 41.2 Å². The highest BCUT2D eigenvalue weighted by Crippen LogP contribution is 2.59. The number of hydrazone groups is 1. The van der Waals surface area contributed by atoms with Crippen LogP contribution >= 0.6 is 0 Å². The quantitative estimate of drug-likeness (QED) is 0.272. The first-order chi connectivity index (χ1) is 19.4. The van der Waals surface area contributed by atoms with E-state index in [1.165, 1.54) is 0 Å². The number of anilines is 1. The fourth-order valence-corrected chi connectivity index (χ4v) is 6.62. The van der Waals surface area contributed by atoms with Gasteiger partial charge < -0.3 is 0 Å². The largest absolute Gasteiger partial charge is 0.310 e. The Morgan fingerprint density at radius 2 is 1.60 bits per heavy atom. The molecule has 3 amide bonds. The highest BCUT2D eigenvalue weighted by molar-refractivity contribution is 6.47. The lowest BCUT2D eigenvalue weighted by Crippen LogP contribution is -2.65. The molecule has 0 spiro atoms. The topological polar surface area (TPSA) is 156 Å². The molecule has 11 nitrogen and oxygen atoms in total. The molecule has 2 atom stereocenters. The standard InChI is InChI=1S/C29H22N8O3/c1-13-11-14(2)31-25-20(13)26(35-33-25)34-32-19(12-30)28(39)37-29(40)24-22-17-9-5-3-7-15(17)21(23(24)27(38)36-37)16-8-4-6-10-18(16)22/h3-11,21-24H,1-2H3,(H,36,38)(H2,31,33,34,35)/b32-19-. The Balaban J connectivity index is 1.23. The summed E-state index contributed by atoms with van der Waals surface area (Å²) >= 11 is 0. The Labute approximate surface area is 227 Å². The number of fused-ring (bicyclic) bond motifs is 1. The van der Waals surface area contributed by atoms with E-state index in [-0.39, 0.29) is 5.92 Å². The average molecular weight is 531 g/mol. The predicted octanol–water partition coefficient (Wildman–Crippen LogP) is 2.79. The number of carbonyl (C=O) groups is 3. The number of aromatic nitrogens is 3. The van der Waals surface area contributed by atoms with Crippen molar-refractivity contribution in [2.24, 2.45) is 16.9 Å². The zero-order valence-corrected chi connectivity index (χ0v) is 21.5. The minimum atomic E-state index is -1.02. The number of imide groups is 1. The molecule has 40 heavy (non-hydrogen) atoms. The number of benzene rings is 2. The average Bonchev–Trinajstić information content (AvgIpc) is 3.37. The summed E-state index contributed by atoms with van der Waals surface area (Å²) in [7, 11) is 0. The maximum Gasteiger partial charge on any atom is 0.310 e. The van der Waals surface area contributed by atoms with Gasteiger partial charge in [-0.05, 0) is 47.7 Å². The summed E-state index contributed by atoms with van der Waals surface area (Å²) in [5.74, 6) is -3.89. The molecule has 2 bridgehead atoms. The van der Waals surface area contributed by atoms with Crippen molar-refractivity contribution in [3.63, 3.8) is 0 Å². The second-order valence-corrected chi connectivity index (χ2v) is 10.3. The zero-order chi connectivity index (χ0) is 27.7. The molecule has 1 fully saturated rings. The normalized spacial score (nSPS) is 22.7. The molecular formula is C29H22N8O3.